The van der Waals surface area contributed by atoms with E-state index in [2.05, 4.69) is 123 Å². The highest BCUT2D eigenvalue weighted by Gasteiger charge is 2.22. The van der Waals surface area contributed by atoms with Gasteiger partial charge in [0.2, 0.25) is 0 Å². The lowest BCUT2D eigenvalue weighted by atomic mass is 9.80. The maximum Gasteiger partial charge on any atom is 0.0420 e. The maximum absolute atomic E-state index is 12.0. The van der Waals surface area contributed by atoms with Crippen molar-refractivity contribution in [2.24, 2.45) is 0 Å². The van der Waals surface area contributed by atoms with Crippen molar-refractivity contribution < 1.29 is 4.21 Å². The van der Waals surface area contributed by atoms with E-state index in [4.69, 9.17) is 0 Å². The fourth-order valence-electron chi connectivity index (χ4n) is 5.47. The molecule has 2 atom stereocenters. The Morgan fingerprint density at radius 2 is 1.53 bits per heavy atom. The van der Waals surface area contributed by atoms with Crippen LogP contribution in [0.1, 0.15) is 54.0 Å². The van der Waals surface area contributed by atoms with Crippen LogP contribution in [0.3, 0.4) is 0 Å². The van der Waals surface area contributed by atoms with E-state index in [0.717, 1.165) is 31.7 Å². The normalized spacial score (nSPS) is 13.7. The van der Waals surface area contributed by atoms with Crippen molar-refractivity contribution in [3.8, 4) is 0 Å². The Balaban J connectivity index is 1.80. The number of hydrogen-bond donors (Lipinski definition) is 1. The Morgan fingerprint density at radius 3 is 2.16 bits per heavy atom. The molecular formula is C34H42N2OS. The molecule has 0 amide bonds. The van der Waals surface area contributed by atoms with Crippen LogP contribution < -0.4 is 10.2 Å². The summed E-state index contributed by atoms with van der Waals surface area (Å²) in [7, 11) is -1.96. The van der Waals surface area contributed by atoms with Gasteiger partial charge in [0, 0.05) is 54.3 Å². The minimum Gasteiger partial charge on any atom is -0.385 e. The molecule has 4 heteroatoms. The van der Waals surface area contributed by atoms with Crippen molar-refractivity contribution in [2.75, 3.05) is 41.9 Å². The van der Waals surface area contributed by atoms with Gasteiger partial charge < -0.3 is 10.2 Å². The van der Waals surface area contributed by atoms with E-state index in [9.17, 15) is 4.21 Å². The zero-order chi connectivity index (χ0) is 27.3. The molecule has 0 spiro atoms. The zero-order valence-electron chi connectivity index (χ0n) is 23.6. The molecule has 3 nitrogen and oxygen atoms in total. The SMILES string of the molecule is C=S(C)(=O)CCCNc1ccc(C(c2ccc(N(CC)CC)cc2)c2ccc(C)cc2C)c2ccccc12. The predicted octanol–water partition coefficient (Wildman–Crippen LogP) is 7.63. The minimum atomic E-state index is -1.96. The number of nitrogens with one attached hydrogen (secondary N) is 1. The third-order valence-electron chi connectivity index (χ3n) is 7.43. The molecule has 1 N–H and O–H groups in total. The molecule has 0 saturated heterocycles. The number of benzene rings is 4. The van der Waals surface area contributed by atoms with Crippen LogP contribution in [0.25, 0.3) is 10.8 Å². The van der Waals surface area contributed by atoms with E-state index in [1.54, 1.807) is 6.26 Å². The molecular weight excluding hydrogens is 484 g/mol. The van der Waals surface area contributed by atoms with Crippen molar-refractivity contribution in [3.05, 3.63) is 107 Å². The van der Waals surface area contributed by atoms with Gasteiger partial charge in [-0.1, -0.05) is 66.2 Å². The quantitative estimate of drug-likeness (QED) is 0.124. The van der Waals surface area contributed by atoms with Gasteiger partial charge in [0.05, 0.1) is 0 Å². The Hall–Kier alpha value is -3.24. The molecule has 0 radical (unpaired) electrons. The van der Waals surface area contributed by atoms with E-state index >= 15 is 0 Å². The molecule has 0 saturated carbocycles. The monoisotopic (exact) mass is 526 g/mol. The predicted molar refractivity (Wildman–Crippen MR) is 170 cm³/mol. The van der Waals surface area contributed by atoms with Crippen LogP contribution in [0.2, 0.25) is 0 Å². The minimum absolute atomic E-state index is 0.122. The summed E-state index contributed by atoms with van der Waals surface area (Å²) < 4.78 is 12.0. The Kier molecular flexibility index (Phi) is 8.83. The van der Waals surface area contributed by atoms with Crippen LogP contribution >= 0.6 is 0 Å². The smallest absolute Gasteiger partial charge is 0.0420 e. The summed E-state index contributed by atoms with van der Waals surface area (Å²) in [5.74, 6) is 4.54. The highest BCUT2D eigenvalue weighted by atomic mass is 32.2. The molecule has 0 bridgehead atoms. The van der Waals surface area contributed by atoms with E-state index in [1.807, 2.05) is 0 Å². The van der Waals surface area contributed by atoms with Gasteiger partial charge in [-0.05, 0) is 95.3 Å². The second-order valence-corrected chi connectivity index (χ2v) is 13.2. The molecule has 0 aliphatic carbocycles. The van der Waals surface area contributed by atoms with Crippen molar-refractivity contribution in [1.29, 1.82) is 0 Å². The summed E-state index contributed by atoms with van der Waals surface area (Å²) in [6, 6.07) is 29.2. The van der Waals surface area contributed by atoms with Crippen LogP contribution in [0, 0.1) is 13.8 Å². The fourth-order valence-corrected chi connectivity index (χ4v) is 6.23. The van der Waals surface area contributed by atoms with E-state index in [-0.39, 0.29) is 5.92 Å². The van der Waals surface area contributed by atoms with Crippen molar-refractivity contribution in [1.82, 2.24) is 0 Å². The summed E-state index contributed by atoms with van der Waals surface area (Å²) in [5, 5.41) is 6.07. The van der Waals surface area contributed by atoms with Gasteiger partial charge in [-0.3, -0.25) is 4.21 Å². The van der Waals surface area contributed by atoms with Gasteiger partial charge in [-0.25, -0.2) is 0 Å². The summed E-state index contributed by atoms with van der Waals surface area (Å²) in [4.78, 5) is 2.39. The Labute approximate surface area is 229 Å². The molecule has 200 valence electrons. The van der Waals surface area contributed by atoms with Gasteiger partial charge in [0.25, 0.3) is 0 Å². The van der Waals surface area contributed by atoms with Gasteiger partial charge in [-0.2, -0.15) is 0 Å². The van der Waals surface area contributed by atoms with Gasteiger partial charge in [0.1, 0.15) is 0 Å². The molecule has 0 fully saturated rings. The molecule has 0 aromatic heterocycles. The lowest BCUT2D eigenvalue weighted by Gasteiger charge is -2.26. The van der Waals surface area contributed by atoms with Crippen molar-refractivity contribution >= 4 is 37.5 Å². The maximum atomic E-state index is 12.0. The van der Waals surface area contributed by atoms with Gasteiger partial charge >= 0.3 is 0 Å². The fraction of sp³-hybridized carbons (Fsp3) is 0.324. The number of nitrogens with zero attached hydrogens (tertiary/aromatic N) is 1. The number of anilines is 2. The molecule has 0 aliphatic heterocycles. The highest BCUT2D eigenvalue weighted by Crippen LogP contribution is 2.40. The van der Waals surface area contributed by atoms with E-state index in [1.165, 1.54) is 44.3 Å². The van der Waals surface area contributed by atoms with E-state index < -0.39 is 9.52 Å². The first kappa shape index (κ1) is 27.8. The first-order valence-electron chi connectivity index (χ1n) is 13.7. The molecule has 38 heavy (non-hydrogen) atoms. The lowest BCUT2D eigenvalue weighted by molar-refractivity contribution is 0.683. The van der Waals surface area contributed by atoms with Crippen LogP contribution in [0.4, 0.5) is 11.4 Å². The van der Waals surface area contributed by atoms with Crippen LogP contribution in [-0.2, 0) is 9.52 Å². The average molecular weight is 527 g/mol. The highest BCUT2D eigenvalue weighted by molar-refractivity contribution is 7.99. The first-order valence-corrected chi connectivity index (χ1v) is 16.0. The number of rotatable bonds is 11. The number of hydrogen-bond acceptors (Lipinski definition) is 3. The first-order chi connectivity index (χ1) is 18.2. The largest absolute Gasteiger partial charge is 0.385 e. The zero-order valence-corrected chi connectivity index (χ0v) is 24.4. The van der Waals surface area contributed by atoms with Crippen molar-refractivity contribution in [3.63, 3.8) is 0 Å². The summed E-state index contributed by atoms with van der Waals surface area (Å²) in [5.41, 5.74) is 8.92. The molecule has 2 unspecified atom stereocenters. The van der Waals surface area contributed by atoms with Crippen LogP contribution in [0.5, 0.6) is 0 Å². The topological polar surface area (TPSA) is 32.3 Å². The number of aryl methyl sites for hydroxylation is 2. The summed E-state index contributed by atoms with van der Waals surface area (Å²) >= 11 is 0. The third kappa shape index (κ3) is 6.42. The standard InChI is InChI=1S/C34H42N2OS/c1-7-36(8-2)28-17-15-27(16-18-28)34(29-19-14-25(3)24-26(29)4)32-20-21-33(31-13-10-9-12-30(31)32)35-22-11-23-38(5,6)37/h9-10,12-21,24,34-35H,5,7-8,11,22-23H2,1-4,6H3. The molecule has 0 aliphatic rings. The second kappa shape index (κ2) is 12.1. The van der Waals surface area contributed by atoms with Gasteiger partial charge in [-0.15, -0.1) is 0 Å². The Bertz CT molecular complexity index is 1490. The summed E-state index contributed by atoms with van der Waals surface area (Å²) in [6.07, 6.45) is 2.57. The van der Waals surface area contributed by atoms with Crippen LogP contribution in [-0.4, -0.2) is 41.7 Å². The average Bonchev–Trinajstić information content (AvgIpc) is 2.89. The summed E-state index contributed by atoms with van der Waals surface area (Å²) in [6.45, 7) is 11.6. The van der Waals surface area contributed by atoms with E-state index in [0.29, 0.717) is 5.75 Å². The second-order valence-electron chi connectivity index (χ2n) is 10.5. The molecule has 4 aromatic carbocycles. The molecule has 4 rings (SSSR count). The van der Waals surface area contributed by atoms with Crippen LogP contribution in [0.15, 0.2) is 78.9 Å². The third-order valence-corrected chi connectivity index (χ3v) is 8.58. The Morgan fingerprint density at radius 1 is 0.868 bits per heavy atom. The molecule has 4 aromatic rings. The van der Waals surface area contributed by atoms with Gasteiger partial charge in [0.15, 0.2) is 0 Å². The lowest BCUT2D eigenvalue weighted by Crippen LogP contribution is -2.21. The van der Waals surface area contributed by atoms with Crippen molar-refractivity contribution in [2.45, 2.75) is 40.0 Å². The molecule has 0 heterocycles. The number of fused-ring (bicyclic) bond motifs is 1.